The highest BCUT2D eigenvalue weighted by Crippen LogP contribution is 2.31. The van der Waals surface area contributed by atoms with Gasteiger partial charge in [-0.1, -0.05) is 12.1 Å². The van der Waals surface area contributed by atoms with Crippen LogP contribution in [0.4, 0.5) is 8.78 Å². The van der Waals surface area contributed by atoms with Gasteiger partial charge in [0.25, 0.3) is 11.8 Å². The van der Waals surface area contributed by atoms with Crippen LogP contribution in [0, 0.1) is 18.3 Å². The van der Waals surface area contributed by atoms with E-state index in [4.69, 9.17) is 5.26 Å². The number of hydrogen-bond acceptors (Lipinski definition) is 5. The summed E-state index contributed by atoms with van der Waals surface area (Å²) in [6.45, 7) is 2.59. The van der Waals surface area contributed by atoms with E-state index in [1.54, 1.807) is 18.3 Å². The van der Waals surface area contributed by atoms with Crippen LogP contribution < -0.4 is 5.32 Å². The number of carbonyl (C=O) groups is 2. The van der Waals surface area contributed by atoms with Crippen LogP contribution in [0.15, 0.2) is 48.8 Å². The van der Waals surface area contributed by atoms with Crippen molar-refractivity contribution in [3.8, 4) is 6.07 Å². The van der Waals surface area contributed by atoms with E-state index in [0.29, 0.717) is 16.5 Å². The Hall–Kier alpha value is -4.19. The predicted octanol–water partition coefficient (Wildman–Crippen LogP) is 3.99. The van der Waals surface area contributed by atoms with Crippen LogP contribution in [0.3, 0.4) is 0 Å². The number of nitrogens with zero attached hydrogens (tertiary/aromatic N) is 4. The lowest BCUT2D eigenvalue weighted by molar-refractivity contribution is -0.131. The van der Waals surface area contributed by atoms with Gasteiger partial charge in [-0.15, -0.1) is 0 Å². The maximum Gasteiger partial charge on any atom is 0.268 e. The Morgan fingerprint density at radius 1 is 1.26 bits per heavy atom. The van der Waals surface area contributed by atoms with Crippen LogP contribution in [-0.2, 0) is 4.79 Å². The summed E-state index contributed by atoms with van der Waals surface area (Å²) in [5, 5.41) is 12.2. The summed E-state index contributed by atoms with van der Waals surface area (Å²) in [6.07, 6.45) is 4.53. The van der Waals surface area contributed by atoms with Crippen LogP contribution in [0.2, 0.25) is 0 Å². The van der Waals surface area contributed by atoms with Crippen molar-refractivity contribution in [1.29, 1.82) is 5.26 Å². The largest absolute Gasteiger partial charge is 0.343 e. The van der Waals surface area contributed by atoms with Crippen molar-refractivity contribution < 1.29 is 18.4 Å². The van der Waals surface area contributed by atoms with Gasteiger partial charge in [0.15, 0.2) is 0 Å². The van der Waals surface area contributed by atoms with Crippen molar-refractivity contribution in [2.24, 2.45) is 0 Å². The molecule has 1 atom stereocenters. The number of hydrogen-bond donors (Lipinski definition) is 1. The molecule has 7 nitrogen and oxygen atoms in total. The smallest absolute Gasteiger partial charge is 0.268 e. The molecule has 1 fully saturated rings. The molecule has 0 aliphatic carbocycles. The number of alkyl halides is 2. The Morgan fingerprint density at radius 2 is 2.06 bits per heavy atom. The first-order valence-corrected chi connectivity index (χ1v) is 11.0. The normalized spacial score (nSPS) is 17.3. The van der Waals surface area contributed by atoms with Crippen molar-refractivity contribution in [2.75, 3.05) is 13.1 Å². The van der Waals surface area contributed by atoms with Gasteiger partial charge in [-0.2, -0.15) is 5.26 Å². The summed E-state index contributed by atoms with van der Waals surface area (Å²) in [6, 6.07) is 11.5. The number of rotatable bonds is 5. The van der Waals surface area contributed by atoms with Gasteiger partial charge in [0, 0.05) is 24.2 Å². The van der Waals surface area contributed by atoms with E-state index in [1.165, 1.54) is 12.3 Å². The molecule has 2 aromatic heterocycles. The minimum Gasteiger partial charge on any atom is -0.343 e. The maximum atomic E-state index is 13.6. The van der Waals surface area contributed by atoms with Gasteiger partial charge < -0.3 is 10.2 Å². The molecule has 1 aliphatic rings. The highest BCUT2D eigenvalue weighted by Gasteiger charge is 2.47. The molecule has 0 radical (unpaired) electrons. The summed E-state index contributed by atoms with van der Waals surface area (Å²) in [7, 11) is 0. The molecular weight excluding hydrogens is 452 g/mol. The molecule has 0 saturated carbocycles. The summed E-state index contributed by atoms with van der Waals surface area (Å²) in [5.41, 5.74) is 4.57. The molecule has 0 spiro atoms. The van der Waals surface area contributed by atoms with Gasteiger partial charge in [-0.3, -0.25) is 19.6 Å². The molecule has 1 aromatic carbocycles. The monoisotopic (exact) mass is 475 g/mol. The Kier molecular flexibility index (Phi) is 6.56. The Balaban J connectivity index is 1.53. The Morgan fingerprint density at radius 3 is 2.77 bits per heavy atom. The topological polar surface area (TPSA) is 99.0 Å². The molecular formula is C26H23F2N5O2. The molecule has 2 amide bonds. The lowest BCUT2D eigenvalue weighted by Gasteiger charge is -2.19. The molecule has 1 aliphatic heterocycles. The zero-order chi connectivity index (χ0) is 25.2. The number of benzene rings is 1. The Bertz CT molecular complexity index is 1360. The zero-order valence-electron chi connectivity index (χ0n) is 19.3. The van der Waals surface area contributed by atoms with Crippen LogP contribution in [0.5, 0.6) is 0 Å². The molecule has 35 heavy (non-hydrogen) atoms. The van der Waals surface area contributed by atoms with Crippen LogP contribution in [0.25, 0.3) is 22.6 Å². The Labute approximate surface area is 201 Å². The minimum atomic E-state index is -3.11. The number of allylic oxidation sites excluding steroid dienone is 1. The third-order valence-corrected chi connectivity index (χ3v) is 5.85. The fourth-order valence-electron chi connectivity index (χ4n) is 4.02. The van der Waals surface area contributed by atoms with Crippen LogP contribution in [-0.4, -0.2) is 51.7 Å². The van der Waals surface area contributed by atoms with Crippen molar-refractivity contribution in [2.45, 2.75) is 32.2 Å². The number of halogens is 2. The lowest BCUT2D eigenvalue weighted by atomic mass is 10.0. The van der Waals surface area contributed by atoms with E-state index in [-0.39, 0.29) is 0 Å². The average molecular weight is 475 g/mol. The molecule has 0 bridgehead atoms. The van der Waals surface area contributed by atoms with Crippen molar-refractivity contribution in [3.63, 3.8) is 0 Å². The molecule has 3 aromatic rings. The number of fused-ring (bicyclic) bond motifs is 1. The van der Waals surface area contributed by atoms with E-state index >= 15 is 0 Å². The van der Waals surface area contributed by atoms with Gasteiger partial charge >= 0.3 is 0 Å². The van der Waals surface area contributed by atoms with E-state index in [1.807, 2.05) is 44.2 Å². The fraction of sp³-hybridized carbons (Fsp3) is 0.269. The second kappa shape index (κ2) is 9.58. The van der Waals surface area contributed by atoms with Crippen molar-refractivity contribution in [3.05, 3.63) is 71.2 Å². The van der Waals surface area contributed by atoms with Gasteiger partial charge in [-0.05, 0) is 60.9 Å². The van der Waals surface area contributed by atoms with E-state index in [9.17, 15) is 18.4 Å². The van der Waals surface area contributed by atoms with Crippen LogP contribution >= 0.6 is 0 Å². The number of carbonyl (C=O) groups excluding carboxylic acids is 2. The minimum absolute atomic E-state index is 0.299. The standard InChI is InChI=1S/C26H23F2N5O2/c1-16-3-5-22(31-13-16)17(2)9-18-4-6-23-21(10-18)20(7-8-30-23)25(35)32-14-24(34)33-15-26(27,28)11-19(33)12-29/h3-10,13,19H,11,14-15H2,1-2H3,(H,32,35)/b17-9+/t19-/m0/s1. The highest BCUT2D eigenvalue weighted by atomic mass is 19.3. The van der Waals surface area contributed by atoms with Crippen molar-refractivity contribution in [1.82, 2.24) is 20.2 Å². The quantitative estimate of drug-likeness (QED) is 0.602. The number of aromatic nitrogens is 2. The highest BCUT2D eigenvalue weighted by molar-refractivity contribution is 6.07. The first kappa shape index (κ1) is 24.0. The first-order chi connectivity index (χ1) is 16.7. The van der Waals surface area contributed by atoms with E-state index in [0.717, 1.165) is 27.3 Å². The van der Waals surface area contributed by atoms with Gasteiger partial charge in [-0.25, -0.2) is 8.78 Å². The fourth-order valence-corrected chi connectivity index (χ4v) is 4.02. The molecule has 0 unspecified atom stereocenters. The van der Waals surface area contributed by atoms with Gasteiger partial charge in [0.05, 0.1) is 35.9 Å². The van der Waals surface area contributed by atoms with Crippen molar-refractivity contribution >= 4 is 34.4 Å². The molecule has 9 heteroatoms. The second-order valence-electron chi connectivity index (χ2n) is 8.59. The second-order valence-corrected chi connectivity index (χ2v) is 8.59. The molecule has 178 valence electrons. The molecule has 3 heterocycles. The summed E-state index contributed by atoms with van der Waals surface area (Å²) < 4.78 is 27.3. The number of aryl methyl sites for hydroxylation is 1. The zero-order valence-corrected chi connectivity index (χ0v) is 19.3. The van der Waals surface area contributed by atoms with Crippen LogP contribution in [0.1, 0.15) is 40.5 Å². The summed E-state index contributed by atoms with van der Waals surface area (Å²) >= 11 is 0. The number of nitriles is 1. The number of pyridine rings is 2. The number of amides is 2. The SMILES string of the molecule is C/C(=C\c1ccc2nccc(C(=O)NCC(=O)N3CC(F)(F)C[C@H]3C#N)c2c1)c1ccc(C)cn1. The predicted molar refractivity (Wildman–Crippen MR) is 127 cm³/mol. The van der Waals surface area contributed by atoms with Gasteiger partial charge in [0.1, 0.15) is 6.04 Å². The maximum absolute atomic E-state index is 13.6. The summed E-state index contributed by atoms with van der Waals surface area (Å²) in [4.78, 5) is 34.9. The first-order valence-electron chi connectivity index (χ1n) is 11.0. The van der Waals surface area contributed by atoms with E-state index in [2.05, 4.69) is 15.3 Å². The molecule has 4 rings (SSSR count). The van der Waals surface area contributed by atoms with E-state index < -0.39 is 43.3 Å². The molecule has 1 N–H and O–H groups in total. The number of likely N-dealkylation sites (tertiary alicyclic amines) is 1. The summed E-state index contributed by atoms with van der Waals surface area (Å²) in [5.74, 6) is -4.38. The molecule has 1 saturated heterocycles. The van der Waals surface area contributed by atoms with Gasteiger partial charge in [0.2, 0.25) is 5.91 Å². The third-order valence-electron chi connectivity index (χ3n) is 5.85. The lowest BCUT2D eigenvalue weighted by Crippen LogP contribution is -2.43. The number of nitrogens with one attached hydrogen (secondary N) is 1. The third kappa shape index (κ3) is 5.32. The average Bonchev–Trinajstić information content (AvgIpc) is 3.17.